The molecule has 3 bridgehead atoms. The lowest BCUT2D eigenvalue weighted by Gasteiger charge is -2.61. The number of Topliss-reactive ketones (excluding diaryl/α,β-unsaturated/α-hetero) is 1. The summed E-state index contributed by atoms with van der Waals surface area (Å²) in [6, 6.07) is 8.55. The Bertz CT molecular complexity index is 1610. The van der Waals surface area contributed by atoms with Gasteiger partial charge in [-0.05, 0) is 43.5 Å². The lowest BCUT2D eigenvalue weighted by atomic mass is 9.53. The van der Waals surface area contributed by atoms with Gasteiger partial charge in [0.1, 0.15) is 30.0 Å². The van der Waals surface area contributed by atoms with Gasteiger partial charge in [0.2, 0.25) is 0 Å². The van der Waals surface area contributed by atoms with Crippen molar-refractivity contribution in [1.82, 2.24) is 0 Å². The van der Waals surface area contributed by atoms with Gasteiger partial charge in [-0.2, -0.15) is 0 Å². The summed E-state index contributed by atoms with van der Waals surface area (Å²) in [6.07, 6.45) is 9.87. The van der Waals surface area contributed by atoms with Crippen LogP contribution in [0.4, 0.5) is 0 Å². The highest BCUT2D eigenvalue weighted by molar-refractivity contribution is 6.05. The molecule has 12 atom stereocenters. The van der Waals surface area contributed by atoms with E-state index in [4.69, 9.17) is 23.7 Å². The lowest BCUT2D eigenvalue weighted by molar-refractivity contribution is -0.407. The summed E-state index contributed by atoms with van der Waals surface area (Å²) in [7, 11) is 0. The first kappa shape index (κ1) is 32.3. The van der Waals surface area contributed by atoms with Gasteiger partial charge < -0.3 is 39.0 Å². The number of ether oxygens (including phenoxy) is 5. The number of carbonyl (C=O) groups excluding carboxylic acids is 2. The number of aliphatic hydroxyl groups excluding tert-OH is 2. The Labute approximate surface area is 274 Å². The molecule has 3 saturated heterocycles. The Morgan fingerprint density at radius 1 is 1.09 bits per heavy atom. The summed E-state index contributed by atoms with van der Waals surface area (Å²) in [6.45, 7) is 10.9. The fourth-order valence-corrected chi connectivity index (χ4v) is 9.03. The molecule has 2 saturated carbocycles. The van der Waals surface area contributed by atoms with Crippen molar-refractivity contribution in [2.45, 2.75) is 93.3 Å². The van der Waals surface area contributed by atoms with Crippen LogP contribution < -0.4 is 0 Å². The molecule has 1 aromatic rings. The summed E-state index contributed by atoms with van der Waals surface area (Å²) in [5.74, 6) is -5.89. The molecule has 0 aromatic heterocycles. The Kier molecular flexibility index (Phi) is 7.50. The van der Waals surface area contributed by atoms with Crippen molar-refractivity contribution < 1.29 is 48.6 Å². The molecule has 5 fully saturated rings. The number of aliphatic hydroxyl groups is 3. The molecule has 6 aliphatic rings. The average molecular weight is 647 g/mol. The molecule has 7 rings (SSSR count). The van der Waals surface area contributed by atoms with E-state index in [9.17, 15) is 24.9 Å². The minimum Gasteiger partial charge on any atom is -0.455 e. The monoisotopic (exact) mass is 646 g/mol. The van der Waals surface area contributed by atoms with E-state index in [2.05, 4.69) is 19.6 Å². The SMILES string of the molecule is C=C(C)[C@@]12O[C@@]3(C=CC=CC=CCCC)O[C@H]1[C@H]1[C@H]4O[C@]4(CO)[C@@H](O)[C@@]4(O)C(=O)C(C)=C[C@H]4[C@@]1(O3)[C@H](C)[C@H]2OC(=O)c1ccccc1. The highest BCUT2D eigenvalue weighted by Crippen LogP contribution is 2.73. The predicted octanol–water partition coefficient (Wildman–Crippen LogP) is 3.48. The summed E-state index contributed by atoms with van der Waals surface area (Å²) < 4.78 is 33.1. The largest absolute Gasteiger partial charge is 0.455 e. The number of epoxide rings is 1. The van der Waals surface area contributed by atoms with E-state index in [0.29, 0.717) is 11.1 Å². The smallest absolute Gasteiger partial charge is 0.338 e. The summed E-state index contributed by atoms with van der Waals surface area (Å²) in [5.41, 5.74) is -6.08. The molecule has 250 valence electrons. The molecule has 3 heterocycles. The minimum atomic E-state index is -2.42. The van der Waals surface area contributed by atoms with Crippen LogP contribution in [0.25, 0.3) is 0 Å². The van der Waals surface area contributed by atoms with Gasteiger partial charge in [-0.15, -0.1) is 0 Å². The summed E-state index contributed by atoms with van der Waals surface area (Å²) >= 11 is 0. The van der Waals surface area contributed by atoms with E-state index in [0.717, 1.165) is 12.8 Å². The second kappa shape index (κ2) is 10.9. The number of esters is 1. The van der Waals surface area contributed by atoms with Gasteiger partial charge in [-0.3, -0.25) is 4.79 Å². The minimum absolute atomic E-state index is 0.230. The second-order valence-electron chi connectivity index (χ2n) is 13.8. The van der Waals surface area contributed by atoms with Crippen molar-refractivity contribution in [1.29, 1.82) is 0 Å². The molecular formula is C37H42O10. The fourth-order valence-electron chi connectivity index (χ4n) is 9.03. The Morgan fingerprint density at radius 2 is 1.81 bits per heavy atom. The lowest BCUT2D eigenvalue weighted by Crippen LogP contribution is -2.76. The van der Waals surface area contributed by atoms with E-state index in [-0.39, 0.29) is 5.57 Å². The van der Waals surface area contributed by atoms with E-state index in [1.165, 1.54) is 0 Å². The van der Waals surface area contributed by atoms with E-state index < -0.39 is 88.9 Å². The first-order valence-corrected chi connectivity index (χ1v) is 16.3. The van der Waals surface area contributed by atoms with Gasteiger partial charge in [0.05, 0.1) is 17.8 Å². The van der Waals surface area contributed by atoms with Crippen LogP contribution in [-0.2, 0) is 28.5 Å². The highest BCUT2D eigenvalue weighted by Gasteiger charge is 2.90. The fraction of sp³-hybridized carbons (Fsp3) is 0.514. The number of allylic oxidation sites excluding steroid dienone is 5. The van der Waals surface area contributed by atoms with Crippen molar-refractivity contribution in [3.05, 3.63) is 96.2 Å². The molecule has 0 spiro atoms. The standard InChI is InChI=1S/C37H42O10/c1-6-7-8-9-10-11-15-18-34-45-30-26-29-33(20-38,44-29)32(41)35(42)25(19-22(4)27(35)39)37(26,47-34)23(5)28(36(30,46-34)21(2)3)43-31(40)24-16-13-12-14-17-24/h8-19,23,25-26,28-30,32,38,41-42H,2,6-7,20H2,1,3-5H3/t23-,25-,26-,28-,29-,30+,32-,33+,34-,35+,36+,37+/m1/s1. The summed E-state index contributed by atoms with van der Waals surface area (Å²) in [4.78, 5) is 27.6. The molecule has 0 amide bonds. The van der Waals surface area contributed by atoms with Crippen molar-refractivity contribution in [2.24, 2.45) is 17.8 Å². The van der Waals surface area contributed by atoms with Crippen LogP contribution >= 0.6 is 0 Å². The molecule has 47 heavy (non-hydrogen) atoms. The van der Waals surface area contributed by atoms with Gasteiger partial charge in [-0.25, -0.2) is 4.79 Å². The number of unbranched alkanes of at least 4 members (excludes halogenated alkanes) is 1. The molecule has 10 heteroatoms. The zero-order chi connectivity index (χ0) is 33.6. The summed E-state index contributed by atoms with van der Waals surface area (Å²) in [5, 5.41) is 34.9. The Morgan fingerprint density at radius 3 is 2.49 bits per heavy atom. The third-order valence-corrected chi connectivity index (χ3v) is 11.2. The Hall–Kier alpha value is -3.22. The molecule has 3 N–H and O–H groups in total. The van der Waals surface area contributed by atoms with E-state index in [1.807, 2.05) is 19.1 Å². The average Bonchev–Trinajstić information content (AvgIpc) is 3.69. The maximum Gasteiger partial charge on any atom is 0.338 e. The molecule has 0 unspecified atom stereocenters. The van der Waals surface area contributed by atoms with Crippen LogP contribution in [0.1, 0.15) is 50.9 Å². The molecule has 0 radical (unpaired) electrons. The molecule has 3 aliphatic heterocycles. The van der Waals surface area contributed by atoms with Crippen LogP contribution in [0.5, 0.6) is 0 Å². The van der Waals surface area contributed by atoms with Gasteiger partial charge in [0, 0.05) is 23.8 Å². The number of fused-ring (bicyclic) bond motifs is 3. The topological polar surface area (TPSA) is 144 Å². The number of hydrogen-bond acceptors (Lipinski definition) is 10. The number of rotatable bonds is 9. The van der Waals surface area contributed by atoms with E-state index >= 15 is 0 Å². The molecule has 3 aliphatic carbocycles. The van der Waals surface area contributed by atoms with Gasteiger partial charge in [0.15, 0.2) is 17.0 Å². The van der Waals surface area contributed by atoms with Crippen LogP contribution in [0.3, 0.4) is 0 Å². The van der Waals surface area contributed by atoms with Crippen molar-refractivity contribution in [2.75, 3.05) is 6.61 Å². The first-order valence-electron chi connectivity index (χ1n) is 16.3. The van der Waals surface area contributed by atoms with Crippen LogP contribution in [0, 0.1) is 17.8 Å². The maximum atomic E-state index is 13.8. The van der Waals surface area contributed by atoms with E-state index in [1.54, 1.807) is 68.5 Å². The van der Waals surface area contributed by atoms with Gasteiger partial charge >= 0.3 is 11.9 Å². The van der Waals surface area contributed by atoms with Crippen LogP contribution in [0.15, 0.2) is 90.6 Å². The van der Waals surface area contributed by atoms with Crippen LogP contribution in [-0.4, -0.2) is 86.5 Å². The van der Waals surface area contributed by atoms with Crippen molar-refractivity contribution in [3.8, 4) is 0 Å². The number of ketones is 1. The molecular weight excluding hydrogens is 604 g/mol. The predicted molar refractivity (Wildman–Crippen MR) is 169 cm³/mol. The highest BCUT2D eigenvalue weighted by atomic mass is 16.9. The Balaban J connectivity index is 1.43. The third-order valence-electron chi connectivity index (χ3n) is 11.2. The zero-order valence-electron chi connectivity index (χ0n) is 27.0. The number of carbonyl (C=O) groups is 2. The van der Waals surface area contributed by atoms with Crippen molar-refractivity contribution in [3.63, 3.8) is 0 Å². The number of hydrogen-bond donors (Lipinski definition) is 3. The normalized spacial score (nSPS) is 46.0. The zero-order valence-corrected chi connectivity index (χ0v) is 27.0. The molecule has 10 nitrogen and oxygen atoms in total. The van der Waals surface area contributed by atoms with Gasteiger partial charge in [-0.1, -0.05) is 81.5 Å². The van der Waals surface area contributed by atoms with Gasteiger partial charge in [0.25, 0.3) is 0 Å². The third kappa shape index (κ3) is 4.10. The van der Waals surface area contributed by atoms with Crippen LogP contribution in [0.2, 0.25) is 0 Å². The number of benzene rings is 1. The molecule has 1 aromatic carbocycles. The quantitative estimate of drug-likeness (QED) is 0.158. The maximum absolute atomic E-state index is 13.8. The first-order chi connectivity index (χ1) is 22.4. The van der Waals surface area contributed by atoms with Crippen molar-refractivity contribution >= 4 is 11.8 Å². The second-order valence-corrected chi connectivity index (χ2v) is 13.8.